The summed E-state index contributed by atoms with van der Waals surface area (Å²) in [6, 6.07) is 13.2. The van der Waals surface area contributed by atoms with Crippen LogP contribution in [-0.2, 0) is 4.84 Å². The highest BCUT2D eigenvalue weighted by Gasteiger charge is 2.14. The highest BCUT2D eigenvalue weighted by Crippen LogP contribution is 2.25. The first-order valence-corrected chi connectivity index (χ1v) is 6.57. The van der Waals surface area contributed by atoms with Crippen molar-refractivity contribution in [1.29, 1.82) is 0 Å². The number of oxime groups is 1. The SMILES string of the molecule is CON=Cc1ccnc2cc(C(O)c3ccccc3)[nH]c12. The zero-order valence-corrected chi connectivity index (χ0v) is 11.5. The van der Waals surface area contributed by atoms with Crippen molar-refractivity contribution in [2.45, 2.75) is 6.10 Å². The van der Waals surface area contributed by atoms with E-state index in [0.29, 0.717) is 5.69 Å². The molecule has 3 aromatic rings. The number of hydrogen-bond donors (Lipinski definition) is 2. The van der Waals surface area contributed by atoms with Crippen LogP contribution in [0, 0.1) is 0 Å². The van der Waals surface area contributed by atoms with Gasteiger partial charge >= 0.3 is 0 Å². The molecule has 0 aliphatic carbocycles. The smallest absolute Gasteiger partial charge is 0.119 e. The molecule has 0 bridgehead atoms. The highest BCUT2D eigenvalue weighted by molar-refractivity contribution is 5.96. The van der Waals surface area contributed by atoms with E-state index in [2.05, 4.69) is 15.1 Å². The van der Waals surface area contributed by atoms with Gasteiger partial charge in [0.25, 0.3) is 0 Å². The average molecular weight is 281 g/mol. The summed E-state index contributed by atoms with van der Waals surface area (Å²) in [6.07, 6.45) is 2.60. The maximum Gasteiger partial charge on any atom is 0.119 e. The number of rotatable bonds is 4. The Kier molecular flexibility index (Phi) is 3.66. The number of aromatic amines is 1. The number of aromatic nitrogens is 2. The standard InChI is InChI=1S/C16H15N3O2/c1-21-18-10-12-7-8-17-13-9-14(19-15(12)13)16(20)11-5-3-2-4-6-11/h2-10,16,19-20H,1H3. The highest BCUT2D eigenvalue weighted by atomic mass is 16.6. The van der Waals surface area contributed by atoms with Crippen molar-refractivity contribution in [2.24, 2.45) is 5.16 Å². The van der Waals surface area contributed by atoms with Crippen molar-refractivity contribution in [3.05, 3.63) is 65.5 Å². The second kappa shape index (κ2) is 5.76. The van der Waals surface area contributed by atoms with Gasteiger partial charge in [-0.05, 0) is 17.7 Å². The van der Waals surface area contributed by atoms with Crippen molar-refractivity contribution < 1.29 is 9.94 Å². The van der Waals surface area contributed by atoms with Crippen LogP contribution in [0.1, 0.15) is 22.9 Å². The predicted molar refractivity (Wildman–Crippen MR) is 81.2 cm³/mol. The average Bonchev–Trinajstić information content (AvgIpc) is 2.97. The summed E-state index contributed by atoms with van der Waals surface area (Å²) < 4.78 is 0. The molecule has 1 unspecified atom stereocenters. The minimum Gasteiger partial charge on any atom is -0.399 e. The molecule has 0 aliphatic heterocycles. The number of nitrogens with one attached hydrogen (secondary N) is 1. The van der Waals surface area contributed by atoms with E-state index in [-0.39, 0.29) is 0 Å². The van der Waals surface area contributed by atoms with Gasteiger partial charge in [-0.25, -0.2) is 0 Å². The Hall–Kier alpha value is -2.66. The third-order valence-electron chi connectivity index (χ3n) is 3.28. The molecule has 1 atom stereocenters. The van der Waals surface area contributed by atoms with Crippen LogP contribution in [0.4, 0.5) is 0 Å². The molecule has 3 rings (SSSR count). The first-order valence-electron chi connectivity index (χ1n) is 6.57. The summed E-state index contributed by atoms with van der Waals surface area (Å²) in [6.45, 7) is 0. The largest absolute Gasteiger partial charge is 0.399 e. The molecule has 0 radical (unpaired) electrons. The van der Waals surface area contributed by atoms with E-state index >= 15 is 0 Å². The van der Waals surface area contributed by atoms with Crippen molar-refractivity contribution >= 4 is 17.2 Å². The van der Waals surface area contributed by atoms with Crippen LogP contribution in [-0.4, -0.2) is 28.4 Å². The molecular formula is C16H15N3O2. The summed E-state index contributed by atoms with van der Waals surface area (Å²) >= 11 is 0. The fourth-order valence-corrected chi connectivity index (χ4v) is 2.25. The van der Waals surface area contributed by atoms with E-state index in [0.717, 1.165) is 22.2 Å². The monoisotopic (exact) mass is 281 g/mol. The molecule has 0 saturated heterocycles. The van der Waals surface area contributed by atoms with E-state index in [9.17, 15) is 5.11 Å². The summed E-state index contributed by atoms with van der Waals surface area (Å²) in [5.41, 5.74) is 3.98. The third-order valence-corrected chi connectivity index (χ3v) is 3.28. The van der Waals surface area contributed by atoms with Crippen LogP contribution in [0.3, 0.4) is 0 Å². The topological polar surface area (TPSA) is 70.5 Å². The third kappa shape index (κ3) is 2.64. The van der Waals surface area contributed by atoms with Gasteiger partial charge in [-0.3, -0.25) is 4.98 Å². The van der Waals surface area contributed by atoms with Gasteiger partial charge in [-0.15, -0.1) is 0 Å². The first-order chi connectivity index (χ1) is 10.3. The maximum absolute atomic E-state index is 10.4. The molecule has 2 N–H and O–H groups in total. The molecule has 2 heterocycles. The van der Waals surface area contributed by atoms with E-state index in [1.54, 1.807) is 12.4 Å². The summed E-state index contributed by atoms with van der Waals surface area (Å²) in [5.74, 6) is 0. The number of pyridine rings is 1. The van der Waals surface area contributed by atoms with Gasteiger partial charge in [0.15, 0.2) is 0 Å². The lowest BCUT2D eigenvalue weighted by Crippen LogP contribution is -1.99. The molecular weight excluding hydrogens is 266 g/mol. The normalized spacial score (nSPS) is 12.9. The quantitative estimate of drug-likeness (QED) is 0.570. The van der Waals surface area contributed by atoms with Gasteiger partial charge in [0.2, 0.25) is 0 Å². The lowest BCUT2D eigenvalue weighted by Gasteiger charge is -2.08. The van der Waals surface area contributed by atoms with Crippen molar-refractivity contribution in [2.75, 3.05) is 7.11 Å². The Labute approximate surface area is 121 Å². The lowest BCUT2D eigenvalue weighted by atomic mass is 10.1. The number of hydrogen-bond acceptors (Lipinski definition) is 4. The second-order valence-corrected chi connectivity index (χ2v) is 4.62. The number of benzene rings is 1. The van der Waals surface area contributed by atoms with Gasteiger partial charge < -0.3 is 14.9 Å². The van der Waals surface area contributed by atoms with Crippen LogP contribution in [0.2, 0.25) is 0 Å². The lowest BCUT2D eigenvalue weighted by molar-refractivity contribution is 0.215. The fourth-order valence-electron chi connectivity index (χ4n) is 2.25. The molecule has 21 heavy (non-hydrogen) atoms. The molecule has 0 amide bonds. The Bertz CT molecular complexity index is 766. The first kappa shape index (κ1) is 13.3. The number of nitrogens with zero attached hydrogens (tertiary/aromatic N) is 2. The van der Waals surface area contributed by atoms with Gasteiger partial charge in [0, 0.05) is 11.8 Å². The Balaban J connectivity index is 2.03. The minimum absolute atomic E-state index is 0.696. The fraction of sp³-hybridized carbons (Fsp3) is 0.125. The minimum atomic E-state index is -0.715. The van der Waals surface area contributed by atoms with E-state index in [4.69, 9.17) is 4.84 Å². The van der Waals surface area contributed by atoms with E-state index in [1.165, 1.54) is 7.11 Å². The zero-order valence-electron chi connectivity index (χ0n) is 11.5. The van der Waals surface area contributed by atoms with Crippen LogP contribution in [0.15, 0.2) is 53.8 Å². The molecule has 106 valence electrons. The van der Waals surface area contributed by atoms with Gasteiger partial charge in [-0.2, -0.15) is 0 Å². The number of aliphatic hydroxyl groups excluding tert-OH is 1. The molecule has 2 aromatic heterocycles. The number of fused-ring (bicyclic) bond motifs is 1. The molecule has 0 saturated carbocycles. The summed E-state index contributed by atoms with van der Waals surface area (Å²) in [5, 5.41) is 14.2. The van der Waals surface area contributed by atoms with E-state index < -0.39 is 6.10 Å². The zero-order chi connectivity index (χ0) is 14.7. The van der Waals surface area contributed by atoms with Gasteiger partial charge in [0.1, 0.15) is 13.2 Å². The molecule has 5 heteroatoms. The Morgan fingerprint density at radius 3 is 2.86 bits per heavy atom. The van der Waals surface area contributed by atoms with Crippen LogP contribution in [0.5, 0.6) is 0 Å². The van der Waals surface area contributed by atoms with Crippen LogP contribution < -0.4 is 0 Å². The molecule has 5 nitrogen and oxygen atoms in total. The summed E-state index contributed by atoms with van der Waals surface area (Å²) in [4.78, 5) is 12.2. The molecule has 0 spiro atoms. The van der Waals surface area contributed by atoms with Gasteiger partial charge in [0.05, 0.1) is 22.9 Å². The van der Waals surface area contributed by atoms with Crippen LogP contribution >= 0.6 is 0 Å². The molecule has 0 aliphatic rings. The van der Waals surface area contributed by atoms with Crippen molar-refractivity contribution in [1.82, 2.24) is 9.97 Å². The number of H-pyrrole nitrogens is 1. The number of aliphatic hydroxyl groups is 1. The molecule has 0 fully saturated rings. The van der Waals surface area contributed by atoms with Crippen molar-refractivity contribution in [3.63, 3.8) is 0 Å². The maximum atomic E-state index is 10.4. The van der Waals surface area contributed by atoms with Crippen molar-refractivity contribution in [3.8, 4) is 0 Å². The van der Waals surface area contributed by atoms with Gasteiger partial charge in [-0.1, -0.05) is 35.5 Å². The van der Waals surface area contributed by atoms with Crippen LogP contribution in [0.25, 0.3) is 11.0 Å². The van der Waals surface area contributed by atoms with E-state index in [1.807, 2.05) is 42.5 Å². The molecule has 1 aromatic carbocycles. The predicted octanol–water partition coefficient (Wildman–Crippen LogP) is 2.62. The summed E-state index contributed by atoms with van der Waals surface area (Å²) in [7, 11) is 1.49. The Morgan fingerprint density at radius 2 is 2.10 bits per heavy atom. The Morgan fingerprint density at radius 1 is 1.29 bits per heavy atom. The second-order valence-electron chi connectivity index (χ2n) is 4.62.